The molecule has 5 nitrogen and oxygen atoms in total. The maximum atomic E-state index is 13.0. The number of aromatic nitrogens is 1. The van der Waals surface area contributed by atoms with Crippen LogP contribution >= 0.6 is 0 Å². The predicted molar refractivity (Wildman–Crippen MR) is 137 cm³/mol. The van der Waals surface area contributed by atoms with Gasteiger partial charge in [-0.3, -0.25) is 4.79 Å². The van der Waals surface area contributed by atoms with Gasteiger partial charge >= 0.3 is 0 Å². The van der Waals surface area contributed by atoms with E-state index in [1.807, 2.05) is 36.4 Å². The average molecular weight is 465 g/mol. The molecule has 1 amide bonds. The summed E-state index contributed by atoms with van der Waals surface area (Å²) in [4.78, 5) is 13.0. The fourth-order valence-electron chi connectivity index (χ4n) is 4.54. The van der Waals surface area contributed by atoms with Crippen molar-refractivity contribution < 1.29 is 14.3 Å². The number of phenolic OH excluding ortho intramolecular Hbond substituents is 1. The first-order valence-electron chi connectivity index (χ1n) is 11.8. The van der Waals surface area contributed by atoms with Crippen molar-refractivity contribution in [1.82, 2.24) is 9.88 Å². The van der Waals surface area contributed by atoms with Crippen LogP contribution in [-0.4, -0.2) is 15.6 Å². The number of para-hydroxylation sites is 1. The number of aryl methyl sites for hydroxylation is 1. The maximum absolute atomic E-state index is 13.0. The van der Waals surface area contributed by atoms with Gasteiger partial charge in [0.1, 0.15) is 11.5 Å². The first-order chi connectivity index (χ1) is 17.1. The summed E-state index contributed by atoms with van der Waals surface area (Å²) in [5.74, 6) is 0.864. The van der Waals surface area contributed by atoms with Crippen molar-refractivity contribution in [3.63, 3.8) is 0 Å². The SMILES string of the molecule is Cc1ccc(C(CC(=O)NCc2ccco2)c2cn(Cc3ccc(O)cc3)c3ccccc23)cc1. The summed E-state index contributed by atoms with van der Waals surface area (Å²) in [6.07, 6.45) is 4.11. The number of furan rings is 1. The minimum Gasteiger partial charge on any atom is -0.508 e. The number of carbonyl (C=O) groups is 1. The second-order valence-electron chi connectivity index (χ2n) is 8.92. The van der Waals surface area contributed by atoms with Crippen LogP contribution in [-0.2, 0) is 17.9 Å². The molecule has 0 fully saturated rings. The highest BCUT2D eigenvalue weighted by Gasteiger charge is 2.23. The van der Waals surface area contributed by atoms with E-state index in [0.717, 1.165) is 33.4 Å². The van der Waals surface area contributed by atoms with Gasteiger partial charge in [0.25, 0.3) is 0 Å². The van der Waals surface area contributed by atoms with Crippen molar-refractivity contribution in [2.75, 3.05) is 0 Å². The first-order valence-corrected chi connectivity index (χ1v) is 11.8. The first kappa shape index (κ1) is 22.5. The molecule has 0 aliphatic heterocycles. The summed E-state index contributed by atoms with van der Waals surface area (Å²) in [6, 6.07) is 27.7. The number of carbonyl (C=O) groups excluding carboxylic acids is 1. The van der Waals surface area contributed by atoms with Crippen LogP contribution in [0.4, 0.5) is 0 Å². The van der Waals surface area contributed by atoms with Gasteiger partial charge in [-0.1, -0.05) is 60.2 Å². The van der Waals surface area contributed by atoms with Gasteiger partial charge in [0.2, 0.25) is 5.91 Å². The van der Waals surface area contributed by atoms with Gasteiger partial charge in [-0.15, -0.1) is 0 Å². The molecule has 0 radical (unpaired) electrons. The second kappa shape index (κ2) is 9.94. The van der Waals surface area contributed by atoms with Crippen LogP contribution in [0.15, 0.2) is 102 Å². The van der Waals surface area contributed by atoms with E-state index in [1.54, 1.807) is 18.4 Å². The largest absolute Gasteiger partial charge is 0.508 e. The minimum atomic E-state index is -0.0989. The highest BCUT2D eigenvalue weighted by Crippen LogP contribution is 2.35. The van der Waals surface area contributed by atoms with E-state index in [2.05, 4.69) is 59.4 Å². The number of phenols is 1. The quantitative estimate of drug-likeness (QED) is 0.290. The Bertz CT molecular complexity index is 1420. The monoisotopic (exact) mass is 464 g/mol. The van der Waals surface area contributed by atoms with Gasteiger partial charge in [-0.25, -0.2) is 0 Å². The van der Waals surface area contributed by atoms with Crippen LogP contribution in [0.1, 0.15) is 40.4 Å². The Morgan fingerprint density at radius 3 is 2.49 bits per heavy atom. The summed E-state index contributed by atoms with van der Waals surface area (Å²) in [5.41, 5.74) is 5.62. The van der Waals surface area contributed by atoms with Crippen molar-refractivity contribution in [3.8, 4) is 5.75 Å². The van der Waals surface area contributed by atoms with Gasteiger partial charge in [0, 0.05) is 36.0 Å². The molecule has 0 saturated carbocycles. The summed E-state index contributed by atoms with van der Waals surface area (Å²) in [7, 11) is 0. The van der Waals surface area contributed by atoms with E-state index < -0.39 is 0 Å². The molecule has 0 saturated heterocycles. The van der Waals surface area contributed by atoms with Gasteiger partial charge in [-0.2, -0.15) is 0 Å². The number of aromatic hydroxyl groups is 1. The third-order valence-corrected chi connectivity index (χ3v) is 6.39. The summed E-state index contributed by atoms with van der Waals surface area (Å²) in [5, 5.41) is 13.8. The van der Waals surface area contributed by atoms with E-state index in [1.165, 1.54) is 5.56 Å². The number of nitrogens with zero attached hydrogens (tertiary/aromatic N) is 1. The smallest absolute Gasteiger partial charge is 0.221 e. The van der Waals surface area contributed by atoms with Crippen molar-refractivity contribution in [2.45, 2.75) is 32.4 Å². The Morgan fingerprint density at radius 1 is 0.971 bits per heavy atom. The average Bonchev–Trinajstić information content (AvgIpc) is 3.52. The molecule has 2 heterocycles. The fraction of sp³-hybridized carbons (Fsp3) is 0.167. The van der Waals surface area contributed by atoms with E-state index in [0.29, 0.717) is 19.5 Å². The molecule has 2 N–H and O–H groups in total. The Labute approximate surface area is 204 Å². The number of rotatable bonds is 8. The Morgan fingerprint density at radius 2 is 1.74 bits per heavy atom. The molecule has 5 aromatic rings. The van der Waals surface area contributed by atoms with Crippen LogP contribution in [0.5, 0.6) is 5.75 Å². The zero-order chi connectivity index (χ0) is 24.2. The van der Waals surface area contributed by atoms with Crippen LogP contribution < -0.4 is 5.32 Å². The summed E-state index contributed by atoms with van der Waals surface area (Å²) >= 11 is 0. The molecule has 0 aliphatic carbocycles. The molecule has 0 spiro atoms. The van der Waals surface area contributed by atoms with Crippen molar-refractivity contribution >= 4 is 16.8 Å². The normalized spacial score (nSPS) is 12.0. The van der Waals surface area contributed by atoms with Crippen molar-refractivity contribution in [2.24, 2.45) is 0 Å². The zero-order valence-corrected chi connectivity index (χ0v) is 19.6. The lowest BCUT2D eigenvalue weighted by atomic mass is 9.87. The number of fused-ring (bicyclic) bond motifs is 1. The van der Waals surface area contributed by atoms with Crippen LogP contribution in [0.3, 0.4) is 0 Å². The molecular weight excluding hydrogens is 436 g/mol. The van der Waals surface area contributed by atoms with E-state index in [9.17, 15) is 9.90 Å². The molecule has 5 rings (SSSR count). The maximum Gasteiger partial charge on any atom is 0.221 e. The van der Waals surface area contributed by atoms with Crippen molar-refractivity contribution in [3.05, 3.63) is 125 Å². The Balaban J connectivity index is 1.50. The third kappa shape index (κ3) is 5.14. The van der Waals surface area contributed by atoms with Crippen LogP contribution in [0.2, 0.25) is 0 Å². The number of benzene rings is 3. The molecule has 2 aromatic heterocycles. The number of hydrogen-bond acceptors (Lipinski definition) is 3. The topological polar surface area (TPSA) is 67.4 Å². The lowest BCUT2D eigenvalue weighted by molar-refractivity contribution is -0.121. The summed E-state index contributed by atoms with van der Waals surface area (Å²) in [6.45, 7) is 3.11. The molecule has 1 unspecified atom stereocenters. The molecule has 1 atom stereocenters. The summed E-state index contributed by atoms with van der Waals surface area (Å²) < 4.78 is 7.58. The van der Waals surface area contributed by atoms with Crippen LogP contribution in [0, 0.1) is 6.92 Å². The second-order valence-corrected chi connectivity index (χ2v) is 8.92. The lowest BCUT2D eigenvalue weighted by Crippen LogP contribution is -2.24. The molecular formula is C30H28N2O3. The predicted octanol–water partition coefficient (Wildman–Crippen LogP) is 6.14. The van der Waals surface area contributed by atoms with Gasteiger partial charge < -0.3 is 19.4 Å². The lowest BCUT2D eigenvalue weighted by Gasteiger charge is -2.17. The molecule has 3 aromatic carbocycles. The Kier molecular flexibility index (Phi) is 6.40. The highest BCUT2D eigenvalue weighted by molar-refractivity contribution is 5.86. The standard InChI is InChI=1S/C30H28N2O3/c1-21-8-12-23(13-9-21)27(17-30(34)31-18-25-5-4-16-35-25)28-20-32(29-7-3-2-6-26(28)29)19-22-10-14-24(33)15-11-22/h2-16,20,27,33H,17-19H2,1H3,(H,31,34). The van der Waals surface area contributed by atoms with E-state index in [-0.39, 0.29) is 17.6 Å². The molecule has 35 heavy (non-hydrogen) atoms. The molecule has 0 aliphatic rings. The fourth-order valence-corrected chi connectivity index (χ4v) is 4.54. The highest BCUT2D eigenvalue weighted by atomic mass is 16.3. The van der Waals surface area contributed by atoms with Gasteiger partial charge in [-0.05, 0) is 53.9 Å². The molecule has 176 valence electrons. The van der Waals surface area contributed by atoms with E-state index in [4.69, 9.17) is 4.42 Å². The number of hydrogen-bond donors (Lipinski definition) is 2. The Hall–Kier alpha value is -4.25. The van der Waals surface area contributed by atoms with Gasteiger partial charge in [0.05, 0.1) is 12.8 Å². The minimum absolute atomic E-state index is 0.0256. The van der Waals surface area contributed by atoms with Crippen molar-refractivity contribution in [1.29, 1.82) is 0 Å². The zero-order valence-electron chi connectivity index (χ0n) is 19.6. The number of amides is 1. The van der Waals surface area contributed by atoms with Crippen LogP contribution in [0.25, 0.3) is 10.9 Å². The molecule has 0 bridgehead atoms. The van der Waals surface area contributed by atoms with Gasteiger partial charge in [0.15, 0.2) is 0 Å². The van der Waals surface area contributed by atoms with E-state index >= 15 is 0 Å². The third-order valence-electron chi connectivity index (χ3n) is 6.39. The molecule has 5 heteroatoms. The number of nitrogens with one attached hydrogen (secondary N) is 1.